The number of nitrogens with one attached hydrogen (secondary N) is 1. The summed E-state index contributed by atoms with van der Waals surface area (Å²) >= 11 is 0. The Morgan fingerprint density at radius 3 is 2.11 bits per heavy atom. The molecule has 0 aliphatic rings. The van der Waals surface area contributed by atoms with Crippen molar-refractivity contribution < 1.29 is 4.79 Å². The molecular formula is C16H25NO. The number of Topliss-reactive ketones (excluding diaryl/α,β-unsaturated/α-hetero) is 1. The van der Waals surface area contributed by atoms with Crippen LogP contribution in [0.1, 0.15) is 57.0 Å². The molecule has 1 aromatic carbocycles. The standard InChI is InChI=1S/C16H25NO/c1-6-14(17-7-2)15(18)12-8-10-13(11-9-12)16(3,4)5/h8-11,14,17H,6-7H2,1-5H3. The van der Waals surface area contributed by atoms with Crippen LogP contribution in [0.3, 0.4) is 0 Å². The molecule has 1 aromatic rings. The molecule has 1 unspecified atom stereocenters. The maximum absolute atomic E-state index is 12.3. The molecule has 0 bridgehead atoms. The van der Waals surface area contributed by atoms with Crippen LogP contribution in [0.4, 0.5) is 0 Å². The Labute approximate surface area is 111 Å². The number of ketones is 1. The van der Waals surface area contributed by atoms with Crippen LogP contribution in [0.25, 0.3) is 0 Å². The average Bonchev–Trinajstić information content (AvgIpc) is 2.34. The molecule has 1 atom stereocenters. The predicted octanol–water partition coefficient (Wildman–Crippen LogP) is 3.55. The van der Waals surface area contributed by atoms with Crippen molar-refractivity contribution in [1.82, 2.24) is 5.32 Å². The molecule has 0 radical (unpaired) electrons. The number of benzene rings is 1. The van der Waals surface area contributed by atoms with Gasteiger partial charge in [0, 0.05) is 5.56 Å². The lowest BCUT2D eigenvalue weighted by Crippen LogP contribution is -2.36. The second-order valence-electron chi connectivity index (χ2n) is 5.71. The van der Waals surface area contributed by atoms with Crippen LogP contribution < -0.4 is 5.32 Å². The number of rotatable bonds is 5. The first-order valence-corrected chi connectivity index (χ1v) is 6.78. The minimum Gasteiger partial charge on any atom is -0.307 e. The zero-order valence-corrected chi connectivity index (χ0v) is 12.2. The highest BCUT2D eigenvalue weighted by Gasteiger charge is 2.18. The van der Waals surface area contributed by atoms with E-state index in [4.69, 9.17) is 0 Å². The van der Waals surface area contributed by atoms with Crippen LogP contribution in [0.15, 0.2) is 24.3 Å². The van der Waals surface area contributed by atoms with Crippen molar-refractivity contribution in [3.05, 3.63) is 35.4 Å². The van der Waals surface area contributed by atoms with Gasteiger partial charge in [0.2, 0.25) is 0 Å². The molecule has 0 fully saturated rings. The number of hydrogen-bond acceptors (Lipinski definition) is 2. The first kappa shape index (κ1) is 14.9. The number of carbonyl (C=O) groups is 1. The van der Waals surface area contributed by atoms with Crippen LogP contribution >= 0.6 is 0 Å². The zero-order chi connectivity index (χ0) is 13.8. The van der Waals surface area contributed by atoms with Gasteiger partial charge < -0.3 is 5.32 Å². The van der Waals surface area contributed by atoms with Crippen LogP contribution in [-0.4, -0.2) is 18.4 Å². The van der Waals surface area contributed by atoms with Gasteiger partial charge in [0.25, 0.3) is 0 Å². The second-order valence-corrected chi connectivity index (χ2v) is 5.71. The van der Waals surface area contributed by atoms with Crippen molar-refractivity contribution in [2.75, 3.05) is 6.54 Å². The fourth-order valence-corrected chi connectivity index (χ4v) is 2.00. The van der Waals surface area contributed by atoms with E-state index in [0.717, 1.165) is 18.5 Å². The third-order valence-corrected chi connectivity index (χ3v) is 3.21. The monoisotopic (exact) mass is 247 g/mol. The molecular weight excluding hydrogens is 222 g/mol. The second kappa shape index (κ2) is 6.14. The van der Waals surface area contributed by atoms with Crippen LogP contribution in [-0.2, 0) is 5.41 Å². The Morgan fingerprint density at radius 1 is 1.17 bits per heavy atom. The molecule has 0 aliphatic heterocycles. The lowest BCUT2D eigenvalue weighted by molar-refractivity contribution is 0.0941. The summed E-state index contributed by atoms with van der Waals surface area (Å²) in [5.74, 6) is 0.194. The molecule has 2 nitrogen and oxygen atoms in total. The van der Waals surface area contributed by atoms with Gasteiger partial charge in [0.15, 0.2) is 5.78 Å². The molecule has 0 aromatic heterocycles. The van der Waals surface area contributed by atoms with Gasteiger partial charge >= 0.3 is 0 Å². The molecule has 0 saturated carbocycles. The van der Waals surface area contributed by atoms with Crippen molar-refractivity contribution >= 4 is 5.78 Å². The van der Waals surface area contributed by atoms with E-state index in [0.29, 0.717) is 0 Å². The van der Waals surface area contributed by atoms with Gasteiger partial charge in [-0.25, -0.2) is 0 Å². The van der Waals surface area contributed by atoms with Gasteiger partial charge in [-0.1, -0.05) is 58.9 Å². The number of carbonyl (C=O) groups excluding carboxylic acids is 1. The molecule has 0 amide bonds. The molecule has 1 N–H and O–H groups in total. The maximum Gasteiger partial charge on any atom is 0.179 e. The molecule has 100 valence electrons. The lowest BCUT2D eigenvalue weighted by Gasteiger charge is -2.20. The van der Waals surface area contributed by atoms with Gasteiger partial charge in [-0.2, -0.15) is 0 Å². The minimum atomic E-state index is -0.0597. The number of likely N-dealkylation sites (N-methyl/N-ethyl adjacent to an activating group) is 1. The van der Waals surface area contributed by atoms with E-state index < -0.39 is 0 Å². The van der Waals surface area contributed by atoms with Crippen molar-refractivity contribution in [3.8, 4) is 0 Å². The van der Waals surface area contributed by atoms with Crippen molar-refractivity contribution in [1.29, 1.82) is 0 Å². The van der Waals surface area contributed by atoms with Crippen molar-refractivity contribution in [2.45, 2.75) is 52.5 Å². The zero-order valence-electron chi connectivity index (χ0n) is 12.2. The normalized spacial score (nSPS) is 13.4. The maximum atomic E-state index is 12.3. The highest BCUT2D eigenvalue weighted by Crippen LogP contribution is 2.22. The minimum absolute atomic E-state index is 0.0597. The Morgan fingerprint density at radius 2 is 1.72 bits per heavy atom. The smallest absolute Gasteiger partial charge is 0.179 e. The Kier molecular flexibility index (Phi) is 5.09. The third kappa shape index (κ3) is 3.67. The molecule has 0 spiro atoms. The van der Waals surface area contributed by atoms with Gasteiger partial charge in [0.1, 0.15) is 0 Å². The summed E-state index contributed by atoms with van der Waals surface area (Å²) in [7, 11) is 0. The van der Waals surface area contributed by atoms with Crippen molar-refractivity contribution in [3.63, 3.8) is 0 Å². The first-order valence-electron chi connectivity index (χ1n) is 6.78. The molecule has 18 heavy (non-hydrogen) atoms. The molecule has 0 saturated heterocycles. The summed E-state index contributed by atoms with van der Waals surface area (Å²) < 4.78 is 0. The largest absolute Gasteiger partial charge is 0.307 e. The molecule has 2 heteroatoms. The fraction of sp³-hybridized carbons (Fsp3) is 0.562. The predicted molar refractivity (Wildman–Crippen MR) is 77.2 cm³/mol. The van der Waals surface area contributed by atoms with Crippen LogP contribution in [0.5, 0.6) is 0 Å². The van der Waals surface area contributed by atoms with E-state index in [1.807, 2.05) is 26.0 Å². The summed E-state index contributed by atoms with van der Waals surface area (Å²) in [6.07, 6.45) is 0.827. The van der Waals surface area contributed by atoms with Gasteiger partial charge in [-0.15, -0.1) is 0 Å². The SMILES string of the molecule is CCNC(CC)C(=O)c1ccc(C(C)(C)C)cc1. The van der Waals surface area contributed by atoms with Crippen molar-refractivity contribution in [2.24, 2.45) is 0 Å². The molecule has 1 rings (SSSR count). The fourth-order valence-electron chi connectivity index (χ4n) is 2.00. The van der Waals surface area contributed by atoms with Crippen LogP contribution in [0, 0.1) is 0 Å². The Hall–Kier alpha value is -1.15. The summed E-state index contributed by atoms with van der Waals surface area (Å²) in [4.78, 5) is 12.3. The summed E-state index contributed by atoms with van der Waals surface area (Å²) in [6.45, 7) is 11.4. The summed E-state index contributed by atoms with van der Waals surface area (Å²) in [5.41, 5.74) is 2.19. The molecule has 0 heterocycles. The highest BCUT2D eigenvalue weighted by molar-refractivity contribution is 6.00. The number of hydrogen-bond donors (Lipinski definition) is 1. The highest BCUT2D eigenvalue weighted by atomic mass is 16.1. The quantitative estimate of drug-likeness (QED) is 0.806. The lowest BCUT2D eigenvalue weighted by atomic mass is 9.86. The average molecular weight is 247 g/mol. The first-order chi connectivity index (χ1) is 8.40. The Balaban J connectivity index is 2.88. The molecule has 0 aliphatic carbocycles. The van der Waals surface area contributed by atoms with Gasteiger partial charge in [-0.3, -0.25) is 4.79 Å². The Bertz CT molecular complexity index is 387. The topological polar surface area (TPSA) is 29.1 Å². The van der Waals surface area contributed by atoms with Crippen LogP contribution in [0.2, 0.25) is 0 Å². The van der Waals surface area contributed by atoms with E-state index in [-0.39, 0.29) is 17.2 Å². The van der Waals surface area contributed by atoms with Gasteiger partial charge in [0.05, 0.1) is 6.04 Å². The summed E-state index contributed by atoms with van der Waals surface area (Å²) in [6, 6.07) is 7.96. The summed E-state index contributed by atoms with van der Waals surface area (Å²) in [5, 5.41) is 3.23. The van der Waals surface area contributed by atoms with E-state index in [1.165, 1.54) is 5.56 Å². The van der Waals surface area contributed by atoms with E-state index >= 15 is 0 Å². The third-order valence-electron chi connectivity index (χ3n) is 3.21. The van der Waals surface area contributed by atoms with E-state index in [2.05, 4.69) is 38.2 Å². The van der Waals surface area contributed by atoms with E-state index in [9.17, 15) is 4.79 Å². The van der Waals surface area contributed by atoms with E-state index in [1.54, 1.807) is 0 Å². The van der Waals surface area contributed by atoms with Gasteiger partial charge in [-0.05, 0) is 23.9 Å².